The van der Waals surface area contributed by atoms with Gasteiger partial charge < -0.3 is 9.84 Å². The van der Waals surface area contributed by atoms with E-state index in [0.717, 1.165) is 11.6 Å². The molecule has 0 spiro atoms. The summed E-state index contributed by atoms with van der Waals surface area (Å²) >= 11 is 12.2. The van der Waals surface area contributed by atoms with Gasteiger partial charge in [0.15, 0.2) is 22.4 Å². The fraction of sp³-hybridized carbons (Fsp3) is 0.190. The van der Waals surface area contributed by atoms with E-state index in [0.29, 0.717) is 17.7 Å². The molecule has 182 valence electrons. The normalized spacial score (nSPS) is 13.4. The predicted octanol–water partition coefficient (Wildman–Crippen LogP) is 7.60. The van der Waals surface area contributed by atoms with Gasteiger partial charge in [-0.25, -0.2) is 14.1 Å². The molecule has 13 heteroatoms. The Labute approximate surface area is 203 Å². The van der Waals surface area contributed by atoms with Gasteiger partial charge in [0.1, 0.15) is 10.6 Å². The minimum atomic E-state index is -4.71. The van der Waals surface area contributed by atoms with Gasteiger partial charge in [-0.3, -0.25) is 0 Å². The summed E-state index contributed by atoms with van der Waals surface area (Å²) in [5.74, 6) is -0.214. The first-order valence-corrected chi connectivity index (χ1v) is 11.2. The molecule has 1 unspecified atom stereocenters. The van der Waals surface area contributed by atoms with Gasteiger partial charge in [-0.15, -0.1) is 0 Å². The van der Waals surface area contributed by atoms with Crippen LogP contribution in [0.5, 0.6) is 11.5 Å². The van der Waals surface area contributed by atoms with Crippen LogP contribution in [0.1, 0.15) is 23.7 Å². The Morgan fingerprint density at radius 1 is 1.21 bits per heavy atom. The number of aromatic hydroxyl groups is 1. The van der Waals surface area contributed by atoms with E-state index >= 15 is 0 Å². The molecule has 1 atom stereocenters. The number of benzene rings is 2. The number of alkyl halides is 3. The van der Waals surface area contributed by atoms with Crippen LogP contribution >= 0.6 is 34.1 Å². The van der Waals surface area contributed by atoms with Gasteiger partial charge in [0.2, 0.25) is 0 Å². The van der Waals surface area contributed by atoms with Crippen molar-refractivity contribution in [1.29, 1.82) is 0 Å². The van der Waals surface area contributed by atoms with Crippen LogP contribution in [0, 0.1) is 6.92 Å². The standard InChI is InChI=1S/C21H16Cl2F5N3O2S/c1-10-19(34(28)11(2)24)20(29-9-12-4-5-16(32)17(6-12)33-3)31(30-10)18-14(22)7-13(8-15(18)23)21(25,26)27/h4-9,32H,1-3H3. The number of halogens is 7. The summed E-state index contributed by atoms with van der Waals surface area (Å²) in [6.45, 7) is 2.33. The maximum Gasteiger partial charge on any atom is 0.416 e. The SMILES string of the molecule is COc1cc(C=Nc2c(S(F)=C(C)F)c(C)nn2-c2c(Cl)cc(C(F)(F)F)cc2Cl)ccc1O. The molecular weight excluding hydrogens is 524 g/mol. The molecule has 0 aliphatic heterocycles. The number of aryl methyl sites for hydroxylation is 1. The number of ether oxygens (including phenoxy) is 1. The summed E-state index contributed by atoms with van der Waals surface area (Å²) in [5.41, 5.74) is -0.829. The van der Waals surface area contributed by atoms with Gasteiger partial charge >= 0.3 is 6.18 Å². The molecule has 0 aliphatic carbocycles. The minimum absolute atomic E-state index is 0.0327. The van der Waals surface area contributed by atoms with E-state index in [1.165, 1.54) is 38.4 Å². The molecular formula is C21H16Cl2F5N3O2S. The summed E-state index contributed by atoms with van der Waals surface area (Å²) in [6, 6.07) is 5.56. The Kier molecular flexibility index (Phi) is 7.59. The Morgan fingerprint density at radius 2 is 1.82 bits per heavy atom. The predicted molar refractivity (Wildman–Crippen MR) is 124 cm³/mol. The van der Waals surface area contributed by atoms with Crippen molar-refractivity contribution in [2.75, 3.05) is 7.11 Å². The number of methoxy groups -OCH3 is 1. The van der Waals surface area contributed by atoms with Crippen LogP contribution in [0.3, 0.4) is 0 Å². The molecule has 1 N–H and O–H groups in total. The average Bonchev–Trinajstić information content (AvgIpc) is 3.06. The molecule has 1 heterocycles. The third-order valence-electron chi connectivity index (χ3n) is 4.50. The highest BCUT2D eigenvalue weighted by Crippen LogP contribution is 2.44. The molecule has 3 rings (SSSR count). The molecule has 3 aromatic rings. The Hall–Kier alpha value is -2.63. The molecule has 0 fully saturated rings. The monoisotopic (exact) mass is 539 g/mol. The number of phenolic OH excluding ortho intramolecular Hbond substituents is 1. The third-order valence-corrected chi connectivity index (χ3v) is 6.41. The number of rotatable bonds is 5. The molecule has 0 aliphatic rings. The zero-order valence-electron chi connectivity index (χ0n) is 17.7. The second-order valence-electron chi connectivity index (χ2n) is 6.85. The highest BCUT2D eigenvalue weighted by Gasteiger charge is 2.33. The first-order valence-electron chi connectivity index (χ1n) is 9.32. The fourth-order valence-corrected chi connectivity index (χ4v) is 4.49. The number of aromatic nitrogens is 2. The zero-order chi connectivity index (χ0) is 25.4. The van der Waals surface area contributed by atoms with Gasteiger partial charge in [0.05, 0.1) is 39.3 Å². The van der Waals surface area contributed by atoms with Crippen molar-refractivity contribution in [3.05, 3.63) is 57.2 Å². The highest BCUT2D eigenvalue weighted by atomic mass is 35.5. The number of nitrogens with zero attached hydrogens (tertiary/aromatic N) is 3. The van der Waals surface area contributed by atoms with Crippen molar-refractivity contribution in [2.45, 2.75) is 24.9 Å². The molecule has 0 saturated carbocycles. The smallest absolute Gasteiger partial charge is 0.416 e. The molecule has 0 bridgehead atoms. The Balaban J connectivity index is 2.27. The number of hydrogen-bond donors (Lipinski definition) is 1. The number of aliphatic imine (C=N–C) groups is 1. The Morgan fingerprint density at radius 3 is 2.35 bits per heavy atom. The van der Waals surface area contributed by atoms with Crippen LogP contribution in [0.15, 0.2) is 40.2 Å². The first kappa shape index (κ1) is 26.0. The van der Waals surface area contributed by atoms with E-state index in [9.17, 15) is 26.6 Å². The fourth-order valence-electron chi connectivity index (χ4n) is 2.96. The maximum absolute atomic E-state index is 14.8. The quantitative estimate of drug-likeness (QED) is 0.157. The first-order chi connectivity index (χ1) is 15.8. The molecule has 0 saturated heterocycles. The van der Waals surface area contributed by atoms with Crippen LogP contribution in [0.25, 0.3) is 5.69 Å². The van der Waals surface area contributed by atoms with E-state index in [1.807, 2.05) is 0 Å². The van der Waals surface area contributed by atoms with Crippen molar-refractivity contribution < 1.29 is 31.3 Å². The largest absolute Gasteiger partial charge is 0.504 e. The molecule has 0 amide bonds. The molecule has 5 nitrogen and oxygen atoms in total. The minimum Gasteiger partial charge on any atom is -0.504 e. The van der Waals surface area contributed by atoms with E-state index in [4.69, 9.17) is 27.9 Å². The maximum atomic E-state index is 14.8. The Bertz CT molecular complexity index is 1300. The third kappa shape index (κ3) is 5.21. The zero-order valence-corrected chi connectivity index (χ0v) is 20.0. The molecule has 1 aromatic heterocycles. The van der Waals surface area contributed by atoms with Crippen molar-refractivity contribution in [2.24, 2.45) is 4.99 Å². The van der Waals surface area contributed by atoms with Crippen molar-refractivity contribution >= 4 is 51.2 Å². The highest BCUT2D eigenvalue weighted by molar-refractivity contribution is 8.11. The summed E-state index contributed by atoms with van der Waals surface area (Å²) < 4.78 is 74.1. The van der Waals surface area contributed by atoms with Gasteiger partial charge in [0.25, 0.3) is 0 Å². The van der Waals surface area contributed by atoms with Gasteiger partial charge in [-0.1, -0.05) is 23.2 Å². The molecule has 0 radical (unpaired) electrons. The topological polar surface area (TPSA) is 59.6 Å². The van der Waals surface area contributed by atoms with Crippen LogP contribution in [-0.2, 0) is 6.18 Å². The van der Waals surface area contributed by atoms with E-state index in [2.05, 4.69) is 10.1 Å². The van der Waals surface area contributed by atoms with Gasteiger partial charge in [-0.2, -0.15) is 22.2 Å². The summed E-state index contributed by atoms with van der Waals surface area (Å²) in [6.07, 6.45) is -3.45. The van der Waals surface area contributed by atoms with Crippen molar-refractivity contribution in [3.63, 3.8) is 0 Å². The van der Waals surface area contributed by atoms with Crippen molar-refractivity contribution in [1.82, 2.24) is 9.78 Å². The second kappa shape index (κ2) is 9.93. The van der Waals surface area contributed by atoms with Gasteiger partial charge in [0, 0.05) is 6.21 Å². The lowest BCUT2D eigenvalue weighted by atomic mass is 10.2. The second-order valence-corrected chi connectivity index (χ2v) is 9.15. The lowest BCUT2D eigenvalue weighted by molar-refractivity contribution is -0.137. The molecule has 34 heavy (non-hydrogen) atoms. The number of phenols is 1. The van der Waals surface area contributed by atoms with Crippen LogP contribution in [-0.4, -0.2) is 33.3 Å². The lowest BCUT2D eigenvalue weighted by Crippen LogP contribution is -2.07. The van der Waals surface area contributed by atoms with Crippen molar-refractivity contribution in [3.8, 4) is 17.2 Å². The van der Waals surface area contributed by atoms with Crippen LogP contribution in [0.4, 0.5) is 27.3 Å². The summed E-state index contributed by atoms with van der Waals surface area (Å²) in [7, 11) is -1.20. The van der Waals surface area contributed by atoms with E-state index in [-0.39, 0.29) is 33.6 Å². The summed E-state index contributed by atoms with van der Waals surface area (Å²) in [4.78, 5) is 3.99. The van der Waals surface area contributed by atoms with Crippen LogP contribution < -0.4 is 4.74 Å². The number of hydrogen-bond acceptors (Lipinski definition) is 4. The van der Waals surface area contributed by atoms with Crippen LogP contribution in [0.2, 0.25) is 10.0 Å². The molecule has 2 aromatic carbocycles. The van der Waals surface area contributed by atoms with E-state index in [1.54, 1.807) is 0 Å². The summed E-state index contributed by atoms with van der Waals surface area (Å²) in [5, 5.41) is 12.0. The lowest BCUT2D eigenvalue weighted by Gasteiger charge is -2.13. The average molecular weight is 540 g/mol. The van der Waals surface area contributed by atoms with E-state index < -0.39 is 37.8 Å². The van der Waals surface area contributed by atoms with Gasteiger partial charge in [-0.05, 0) is 49.7 Å².